The summed E-state index contributed by atoms with van der Waals surface area (Å²) in [5.41, 5.74) is -0.290. The third kappa shape index (κ3) is 2.52. The summed E-state index contributed by atoms with van der Waals surface area (Å²) in [6.07, 6.45) is 7.03. The van der Waals surface area contributed by atoms with Crippen LogP contribution in [0.15, 0.2) is 0 Å². The van der Waals surface area contributed by atoms with Gasteiger partial charge in [0.2, 0.25) is 5.91 Å². The number of hydrogen-bond acceptors (Lipinski definition) is 3. The maximum atomic E-state index is 12.7. The van der Waals surface area contributed by atoms with E-state index in [1.807, 2.05) is 0 Å². The third-order valence-electron chi connectivity index (χ3n) is 5.52. The lowest BCUT2D eigenvalue weighted by atomic mass is 9.78. The largest absolute Gasteiger partial charge is 0.384 e. The number of methoxy groups -OCH3 is 1. The van der Waals surface area contributed by atoms with Gasteiger partial charge in [0.1, 0.15) is 0 Å². The molecule has 4 heteroatoms. The molecule has 0 aromatic heterocycles. The van der Waals surface area contributed by atoms with Gasteiger partial charge in [0.15, 0.2) is 0 Å². The highest BCUT2D eigenvalue weighted by Gasteiger charge is 2.44. The highest BCUT2D eigenvalue weighted by atomic mass is 16.5. The average molecular weight is 266 g/mol. The Hall–Kier alpha value is -0.610. The van der Waals surface area contributed by atoms with Crippen LogP contribution in [0.5, 0.6) is 0 Å². The van der Waals surface area contributed by atoms with Gasteiger partial charge in [-0.15, -0.1) is 0 Å². The van der Waals surface area contributed by atoms with E-state index in [0.717, 1.165) is 37.8 Å². The lowest BCUT2D eigenvalue weighted by Crippen LogP contribution is -2.53. The minimum atomic E-state index is -0.290. The second-order valence-corrected chi connectivity index (χ2v) is 6.72. The lowest BCUT2D eigenvalue weighted by molar-refractivity contribution is -0.137. The molecule has 0 aromatic carbocycles. The predicted octanol–water partition coefficient (Wildman–Crippen LogP) is 1.31. The van der Waals surface area contributed by atoms with Crippen molar-refractivity contribution in [2.75, 3.05) is 26.8 Å². The average Bonchev–Trinajstić information content (AvgIpc) is 3.02. The molecule has 108 valence electrons. The van der Waals surface area contributed by atoms with Gasteiger partial charge in [0, 0.05) is 13.2 Å². The number of hydrogen-bond donors (Lipinski definition) is 2. The number of ether oxygens (including phenoxy) is 1. The van der Waals surface area contributed by atoms with Crippen LogP contribution in [0.2, 0.25) is 0 Å². The number of nitrogens with one attached hydrogen (secondary N) is 2. The molecule has 2 N–H and O–H groups in total. The van der Waals surface area contributed by atoms with Gasteiger partial charge in [0.05, 0.1) is 12.0 Å². The van der Waals surface area contributed by atoms with Gasteiger partial charge in [-0.25, -0.2) is 0 Å². The Labute approximate surface area is 115 Å². The first-order valence-corrected chi connectivity index (χ1v) is 7.74. The molecule has 3 fully saturated rings. The van der Waals surface area contributed by atoms with E-state index in [4.69, 9.17) is 4.74 Å². The topological polar surface area (TPSA) is 50.4 Å². The number of carbonyl (C=O) groups excluding carboxylic acids is 1. The first kappa shape index (κ1) is 13.4. The van der Waals surface area contributed by atoms with Crippen molar-refractivity contribution in [3.8, 4) is 0 Å². The molecule has 1 saturated heterocycles. The van der Waals surface area contributed by atoms with E-state index >= 15 is 0 Å². The normalized spacial score (nSPS) is 36.4. The molecule has 19 heavy (non-hydrogen) atoms. The van der Waals surface area contributed by atoms with Crippen LogP contribution in [0, 0.1) is 17.3 Å². The number of carbonyl (C=O) groups is 1. The zero-order chi connectivity index (χ0) is 13.3. The van der Waals surface area contributed by atoms with Gasteiger partial charge < -0.3 is 15.4 Å². The van der Waals surface area contributed by atoms with Crippen molar-refractivity contribution >= 4 is 5.91 Å². The molecular formula is C15H26N2O2. The van der Waals surface area contributed by atoms with Gasteiger partial charge in [-0.3, -0.25) is 4.79 Å². The summed E-state index contributed by atoms with van der Waals surface area (Å²) in [5.74, 6) is 1.87. The van der Waals surface area contributed by atoms with Crippen molar-refractivity contribution in [1.29, 1.82) is 0 Å². The summed E-state index contributed by atoms with van der Waals surface area (Å²) in [4.78, 5) is 12.7. The Morgan fingerprint density at radius 2 is 2.11 bits per heavy atom. The monoisotopic (exact) mass is 266 g/mol. The van der Waals surface area contributed by atoms with Gasteiger partial charge in [-0.05, 0) is 57.0 Å². The van der Waals surface area contributed by atoms with Gasteiger partial charge >= 0.3 is 0 Å². The molecule has 4 nitrogen and oxygen atoms in total. The van der Waals surface area contributed by atoms with E-state index < -0.39 is 0 Å². The van der Waals surface area contributed by atoms with E-state index in [1.165, 1.54) is 25.7 Å². The third-order valence-corrected chi connectivity index (χ3v) is 5.52. The first-order chi connectivity index (χ1) is 9.23. The fraction of sp³-hybridized carbons (Fsp3) is 0.933. The van der Waals surface area contributed by atoms with Crippen LogP contribution in [0.1, 0.15) is 38.5 Å². The highest BCUT2D eigenvalue weighted by molar-refractivity contribution is 5.83. The van der Waals surface area contributed by atoms with Crippen LogP contribution >= 0.6 is 0 Å². The van der Waals surface area contributed by atoms with Crippen LogP contribution in [0.25, 0.3) is 0 Å². The second-order valence-electron chi connectivity index (χ2n) is 6.72. The maximum Gasteiger partial charge on any atom is 0.228 e. The van der Waals surface area contributed by atoms with E-state index in [1.54, 1.807) is 7.11 Å². The zero-order valence-electron chi connectivity index (χ0n) is 11.9. The summed E-state index contributed by atoms with van der Waals surface area (Å²) in [7, 11) is 1.70. The number of rotatable bonds is 4. The minimum Gasteiger partial charge on any atom is -0.384 e. The molecule has 0 aromatic rings. The fourth-order valence-electron chi connectivity index (χ4n) is 4.36. The number of fused-ring (bicyclic) bond motifs is 2. The van der Waals surface area contributed by atoms with Crippen LogP contribution in [0.3, 0.4) is 0 Å². The Morgan fingerprint density at radius 3 is 2.68 bits per heavy atom. The summed E-state index contributed by atoms with van der Waals surface area (Å²) in [5, 5.41) is 6.70. The quantitative estimate of drug-likeness (QED) is 0.806. The Bertz CT molecular complexity index is 334. The van der Waals surface area contributed by atoms with Crippen LogP contribution in [0.4, 0.5) is 0 Å². The van der Waals surface area contributed by atoms with Crippen LogP contribution in [-0.2, 0) is 9.53 Å². The van der Waals surface area contributed by atoms with Crippen molar-refractivity contribution in [3.63, 3.8) is 0 Å². The standard InChI is InChI=1S/C15H26N2O2/c1-19-10-15(4-6-16-7-5-15)14(18)17-13-9-11-2-3-12(13)8-11/h11-13,16H,2-10H2,1H3,(H,17,18). The molecule has 1 aliphatic heterocycles. The first-order valence-electron chi connectivity index (χ1n) is 7.74. The molecule has 0 radical (unpaired) electrons. The lowest BCUT2D eigenvalue weighted by Gasteiger charge is -2.37. The number of piperidine rings is 1. The number of amides is 1. The molecule has 3 rings (SSSR count). The van der Waals surface area contributed by atoms with Gasteiger partial charge in [-0.2, -0.15) is 0 Å². The van der Waals surface area contributed by atoms with Crippen molar-refractivity contribution in [2.45, 2.75) is 44.6 Å². The molecule has 0 spiro atoms. The molecule has 2 aliphatic carbocycles. The van der Waals surface area contributed by atoms with E-state index in [9.17, 15) is 4.79 Å². The summed E-state index contributed by atoms with van der Waals surface area (Å²) < 4.78 is 5.34. The second kappa shape index (κ2) is 5.41. The summed E-state index contributed by atoms with van der Waals surface area (Å²) >= 11 is 0. The Balaban J connectivity index is 1.63. The van der Waals surface area contributed by atoms with E-state index in [0.29, 0.717) is 12.6 Å². The van der Waals surface area contributed by atoms with E-state index in [-0.39, 0.29) is 11.3 Å². The minimum absolute atomic E-state index is 0.244. The van der Waals surface area contributed by atoms with Gasteiger partial charge in [0.25, 0.3) is 0 Å². The molecular weight excluding hydrogens is 240 g/mol. The summed E-state index contributed by atoms with van der Waals surface area (Å²) in [6.45, 7) is 2.41. The molecule has 3 unspecified atom stereocenters. The van der Waals surface area contributed by atoms with Crippen molar-refractivity contribution in [2.24, 2.45) is 17.3 Å². The van der Waals surface area contributed by atoms with Crippen molar-refractivity contribution in [1.82, 2.24) is 10.6 Å². The van der Waals surface area contributed by atoms with Crippen LogP contribution < -0.4 is 10.6 Å². The zero-order valence-corrected chi connectivity index (χ0v) is 11.9. The SMILES string of the molecule is COCC1(C(=O)NC2CC3CCC2C3)CCNCC1. The molecule has 2 saturated carbocycles. The Kier molecular flexibility index (Phi) is 3.81. The van der Waals surface area contributed by atoms with Crippen molar-refractivity contribution < 1.29 is 9.53 Å². The fourth-order valence-corrected chi connectivity index (χ4v) is 4.36. The van der Waals surface area contributed by atoms with Crippen molar-refractivity contribution in [3.05, 3.63) is 0 Å². The molecule has 2 bridgehead atoms. The highest BCUT2D eigenvalue weighted by Crippen LogP contribution is 2.45. The van der Waals surface area contributed by atoms with Crippen LogP contribution in [-0.4, -0.2) is 38.8 Å². The predicted molar refractivity (Wildman–Crippen MR) is 73.8 cm³/mol. The Morgan fingerprint density at radius 1 is 1.32 bits per heavy atom. The summed E-state index contributed by atoms with van der Waals surface area (Å²) in [6, 6.07) is 0.440. The molecule has 3 aliphatic rings. The van der Waals surface area contributed by atoms with Gasteiger partial charge in [-0.1, -0.05) is 6.42 Å². The molecule has 3 atom stereocenters. The smallest absolute Gasteiger partial charge is 0.228 e. The molecule has 1 amide bonds. The maximum absolute atomic E-state index is 12.7. The molecule has 1 heterocycles. The van der Waals surface area contributed by atoms with E-state index in [2.05, 4.69) is 10.6 Å².